The average Bonchev–Trinajstić information content (AvgIpc) is 3.26. The fourth-order valence-corrected chi connectivity index (χ4v) is 3.06. The van der Waals surface area contributed by atoms with Gasteiger partial charge in [0.15, 0.2) is 0 Å². The molecule has 2 aromatic rings. The minimum Gasteiger partial charge on any atom is -0.469 e. The number of amides is 1. The average molecular weight is 317 g/mol. The molecule has 1 aliphatic heterocycles. The van der Waals surface area contributed by atoms with Gasteiger partial charge in [0.05, 0.1) is 24.5 Å². The number of hydrogen-bond donors (Lipinski definition) is 0. The summed E-state index contributed by atoms with van der Waals surface area (Å²) in [6.07, 6.45) is 5.98. The zero-order valence-corrected chi connectivity index (χ0v) is 13.9. The van der Waals surface area contributed by atoms with Crippen LogP contribution in [0.1, 0.15) is 36.3 Å². The van der Waals surface area contributed by atoms with Gasteiger partial charge in [0, 0.05) is 44.1 Å². The number of carbonyl (C=O) groups excluding carboxylic acids is 1. The minimum absolute atomic E-state index is 0.109. The monoisotopic (exact) mass is 317 g/mol. The number of furan rings is 1. The Balaban J connectivity index is 1.71. The standard InChI is InChI=1S/C17H23N3O3/c1-4-20-11-14(9-18-20)16-15(6-8-23-16)17(21)19(3)10-13-5-7-22-12(13)2/h5,7,9,11,15-16H,4,6,8,10H2,1-3H3/t15-,16+/m0/s1. The number of aryl methyl sites for hydroxylation is 2. The van der Waals surface area contributed by atoms with Crippen molar-refractivity contribution in [1.29, 1.82) is 0 Å². The third-order valence-corrected chi connectivity index (χ3v) is 4.46. The molecule has 0 unspecified atom stereocenters. The van der Waals surface area contributed by atoms with E-state index in [1.54, 1.807) is 17.4 Å². The van der Waals surface area contributed by atoms with E-state index in [0.29, 0.717) is 13.2 Å². The first-order valence-electron chi connectivity index (χ1n) is 8.02. The molecule has 3 heterocycles. The highest BCUT2D eigenvalue weighted by Crippen LogP contribution is 2.35. The van der Waals surface area contributed by atoms with Crippen LogP contribution in [-0.2, 0) is 22.6 Å². The minimum atomic E-state index is -0.198. The third-order valence-electron chi connectivity index (χ3n) is 4.46. The van der Waals surface area contributed by atoms with E-state index in [2.05, 4.69) is 5.10 Å². The fraction of sp³-hybridized carbons (Fsp3) is 0.529. The lowest BCUT2D eigenvalue weighted by molar-refractivity contribution is -0.136. The van der Waals surface area contributed by atoms with Crippen LogP contribution in [0, 0.1) is 12.8 Å². The Bertz CT molecular complexity index is 676. The number of aromatic nitrogens is 2. The molecule has 2 aromatic heterocycles. The summed E-state index contributed by atoms with van der Waals surface area (Å²) in [6.45, 7) is 5.92. The van der Waals surface area contributed by atoms with Crippen molar-refractivity contribution in [2.24, 2.45) is 5.92 Å². The number of carbonyl (C=O) groups is 1. The van der Waals surface area contributed by atoms with Gasteiger partial charge in [0.25, 0.3) is 0 Å². The van der Waals surface area contributed by atoms with Gasteiger partial charge in [-0.05, 0) is 26.3 Å². The second-order valence-corrected chi connectivity index (χ2v) is 6.01. The molecule has 1 fully saturated rings. The van der Waals surface area contributed by atoms with E-state index in [4.69, 9.17) is 9.15 Å². The van der Waals surface area contributed by atoms with Crippen LogP contribution in [0.5, 0.6) is 0 Å². The SMILES string of the molecule is CCn1cc([C@H]2OCC[C@@H]2C(=O)N(C)Cc2ccoc2C)cn1. The van der Waals surface area contributed by atoms with Gasteiger partial charge in [-0.1, -0.05) is 0 Å². The first-order chi connectivity index (χ1) is 11.1. The van der Waals surface area contributed by atoms with Gasteiger partial charge in [0.2, 0.25) is 5.91 Å². The molecule has 1 aliphatic rings. The first-order valence-corrected chi connectivity index (χ1v) is 8.02. The summed E-state index contributed by atoms with van der Waals surface area (Å²) in [5.41, 5.74) is 2.02. The predicted molar refractivity (Wildman–Crippen MR) is 84.6 cm³/mol. The first kappa shape index (κ1) is 15.8. The molecule has 0 radical (unpaired) electrons. The van der Waals surface area contributed by atoms with Gasteiger partial charge in [-0.3, -0.25) is 9.48 Å². The van der Waals surface area contributed by atoms with E-state index >= 15 is 0 Å². The molecular weight excluding hydrogens is 294 g/mol. The zero-order valence-electron chi connectivity index (χ0n) is 13.9. The Morgan fingerprint density at radius 3 is 3.00 bits per heavy atom. The molecule has 3 rings (SSSR count). The highest BCUT2D eigenvalue weighted by molar-refractivity contribution is 5.79. The highest BCUT2D eigenvalue weighted by Gasteiger charge is 2.37. The lowest BCUT2D eigenvalue weighted by Gasteiger charge is -2.23. The van der Waals surface area contributed by atoms with Gasteiger partial charge in [-0.25, -0.2) is 0 Å². The second-order valence-electron chi connectivity index (χ2n) is 6.01. The molecule has 0 N–H and O–H groups in total. The fourth-order valence-electron chi connectivity index (χ4n) is 3.06. The third kappa shape index (κ3) is 3.17. The summed E-state index contributed by atoms with van der Waals surface area (Å²) >= 11 is 0. The summed E-state index contributed by atoms with van der Waals surface area (Å²) in [5, 5.41) is 4.29. The van der Waals surface area contributed by atoms with Crippen LogP contribution in [0.25, 0.3) is 0 Å². The Hall–Kier alpha value is -2.08. The van der Waals surface area contributed by atoms with Crippen molar-refractivity contribution >= 4 is 5.91 Å². The van der Waals surface area contributed by atoms with Crippen LogP contribution in [0.2, 0.25) is 0 Å². The smallest absolute Gasteiger partial charge is 0.228 e. The van der Waals surface area contributed by atoms with Crippen molar-refractivity contribution in [3.05, 3.63) is 41.6 Å². The van der Waals surface area contributed by atoms with Gasteiger partial charge in [-0.15, -0.1) is 0 Å². The van der Waals surface area contributed by atoms with Crippen LogP contribution >= 0.6 is 0 Å². The molecule has 124 valence electrons. The number of ether oxygens (including phenoxy) is 1. The summed E-state index contributed by atoms with van der Waals surface area (Å²) in [7, 11) is 1.83. The number of rotatable bonds is 5. The molecule has 1 saturated heterocycles. The van der Waals surface area contributed by atoms with E-state index in [-0.39, 0.29) is 17.9 Å². The van der Waals surface area contributed by atoms with E-state index in [0.717, 1.165) is 29.9 Å². The predicted octanol–water partition coefficient (Wildman–Crippen LogP) is 2.54. The van der Waals surface area contributed by atoms with Crippen LogP contribution in [-0.4, -0.2) is 34.2 Å². The van der Waals surface area contributed by atoms with Crippen molar-refractivity contribution < 1.29 is 13.9 Å². The summed E-state index contributed by atoms with van der Waals surface area (Å²) in [5.74, 6) is 0.812. The van der Waals surface area contributed by atoms with E-state index in [1.165, 1.54) is 0 Å². The van der Waals surface area contributed by atoms with Crippen molar-refractivity contribution in [3.8, 4) is 0 Å². The van der Waals surface area contributed by atoms with Crippen molar-refractivity contribution in [1.82, 2.24) is 14.7 Å². The maximum absolute atomic E-state index is 12.8. The van der Waals surface area contributed by atoms with E-state index < -0.39 is 0 Å². The van der Waals surface area contributed by atoms with E-state index in [1.807, 2.05) is 37.8 Å². The molecule has 0 aliphatic carbocycles. The van der Waals surface area contributed by atoms with Gasteiger partial charge >= 0.3 is 0 Å². The van der Waals surface area contributed by atoms with Crippen LogP contribution < -0.4 is 0 Å². The van der Waals surface area contributed by atoms with Crippen molar-refractivity contribution in [2.45, 2.75) is 39.5 Å². The quantitative estimate of drug-likeness (QED) is 0.850. The molecule has 0 bridgehead atoms. The molecule has 6 heteroatoms. The summed E-state index contributed by atoms with van der Waals surface area (Å²) in [6, 6.07) is 1.91. The van der Waals surface area contributed by atoms with Crippen LogP contribution in [0.15, 0.2) is 29.1 Å². The molecule has 0 aromatic carbocycles. The summed E-state index contributed by atoms with van der Waals surface area (Å²) in [4.78, 5) is 14.6. The maximum atomic E-state index is 12.8. The lowest BCUT2D eigenvalue weighted by Crippen LogP contribution is -2.34. The maximum Gasteiger partial charge on any atom is 0.228 e. The molecular formula is C17H23N3O3. The Morgan fingerprint density at radius 1 is 1.52 bits per heavy atom. The van der Waals surface area contributed by atoms with E-state index in [9.17, 15) is 4.79 Å². The molecule has 23 heavy (non-hydrogen) atoms. The number of hydrogen-bond acceptors (Lipinski definition) is 4. The topological polar surface area (TPSA) is 60.5 Å². The molecule has 6 nitrogen and oxygen atoms in total. The van der Waals surface area contributed by atoms with Gasteiger partial charge in [0.1, 0.15) is 5.76 Å². The molecule has 1 amide bonds. The zero-order chi connectivity index (χ0) is 16.4. The largest absolute Gasteiger partial charge is 0.469 e. The second kappa shape index (κ2) is 6.58. The number of nitrogens with zero attached hydrogens (tertiary/aromatic N) is 3. The van der Waals surface area contributed by atoms with Crippen LogP contribution in [0.3, 0.4) is 0 Å². The molecule has 2 atom stereocenters. The highest BCUT2D eigenvalue weighted by atomic mass is 16.5. The normalized spacial score (nSPS) is 20.8. The Labute approximate surface area is 136 Å². The van der Waals surface area contributed by atoms with Crippen LogP contribution in [0.4, 0.5) is 0 Å². The Morgan fingerprint density at radius 2 is 2.35 bits per heavy atom. The summed E-state index contributed by atoms with van der Waals surface area (Å²) < 4.78 is 13.0. The molecule has 0 spiro atoms. The van der Waals surface area contributed by atoms with Gasteiger partial charge in [-0.2, -0.15) is 5.10 Å². The Kier molecular flexibility index (Phi) is 4.52. The lowest BCUT2D eigenvalue weighted by atomic mass is 9.96. The van der Waals surface area contributed by atoms with Gasteiger partial charge < -0.3 is 14.1 Å². The van der Waals surface area contributed by atoms with Crippen molar-refractivity contribution in [2.75, 3.05) is 13.7 Å². The van der Waals surface area contributed by atoms with Crippen molar-refractivity contribution in [3.63, 3.8) is 0 Å². The molecule has 0 saturated carbocycles.